The number of benzene rings is 2. The molecule has 0 atom stereocenters. The van der Waals surface area contributed by atoms with Crippen LogP contribution in [0.15, 0.2) is 48.0 Å². The topological polar surface area (TPSA) is 93.3 Å². The molecule has 2 rings (SSSR count). The van der Waals surface area contributed by atoms with Gasteiger partial charge in [0.25, 0.3) is 5.91 Å². The molecule has 0 aliphatic rings. The van der Waals surface area contributed by atoms with Crippen LogP contribution in [0.5, 0.6) is 11.5 Å². The van der Waals surface area contributed by atoms with Crippen molar-refractivity contribution in [1.82, 2.24) is 0 Å². The van der Waals surface area contributed by atoms with Gasteiger partial charge in [-0.15, -0.1) is 0 Å². The zero-order valence-electron chi connectivity index (χ0n) is 11.2. The van der Waals surface area contributed by atoms with Crippen molar-refractivity contribution in [3.63, 3.8) is 0 Å². The smallest absolute Gasteiger partial charge is 0.266 e. The van der Waals surface area contributed by atoms with E-state index in [-0.39, 0.29) is 10.6 Å². The number of nitriles is 1. The van der Waals surface area contributed by atoms with Crippen molar-refractivity contribution >= 4 is 29.3 Å². The number of carbonyl (C=O) groups is 1. The van der Waals surface area contributed by atoms with Crippen LogP contribution >= 0.6 is 11.6 Å². The van der Waals surface area contributed by atoms with Gasteiger partial charge in [0, 0.05) is 5.69 Å². The van der Waals surface area contributed by atoms with Crippen molar-refractivity contribution in [3.8, 4) is 17.6 Å². The molecule has 5 nitrogen and oxygen atoms in total. The lowest BCUT2D eigenvalue weighted by Crippen LogP contribution is -2.13. The molecule has 0 aromatic heterocycles. The number of anilines is 1. The fourth-order valence-corrected chi connectivity index (χ4v) is 1.95. The highest BCUT2D eigenvalue weighted by Crippen LogP contribution is 2.34. The van der Waals surface area contributed by atoms with E-state index in [1.807, 2.05) is 0 Å². The lowest BCUT2D eigenvalue weighted by Gasteiger charge is -2.05. The van der Waals surface area contributed by atoms with E-state index in [4.69, 9.17) is 16.9 Å². The summed E-state index contributed by atoms with van der Waals surface area (Å²) < 4.78 is 0. The molecule has 0 unspecified atom stereocenters. The third kappa shape index (κ3) is 3.57. The lowest BCUT2D eigenvalue weighted by molar-refractivity contribution is -0.112. The van der Waals surface area contributed by atoms with Crippen molar-refractivity contribution in [2.75, 3.05) is 5.32 Å². The van der Waals surface area contributed by atoms with Gasteiger partial charge in [-0.25, -0.2) is 0 Å². The van der Waals surface area contributed by atoms with Gasteiger partial charge in [-0.05, 0) is 35.9 Å². The van der Waals surface area contributed by atoms with Crippen molar-refractivity contribution in [1.29, 1.82) is 5.26 Å². The first-order valence-corrected chi connectivity index (χ1v) is 6.58. The Hall–Kier alpha value is -2.97. The SMILES string of the molecule is N#C/C(=C\c1cc(O)c(O)c(Cl)c1)C(=O)Nc1ccccc1. The molecule has 0 saturated carbocycles. The number of carbonyl (C=O) groups excluding carboxylic acids is 1. The van der Waals surface area contributed by atoms with E-state index in [2.05, 4.69) is 5.32 Å². The Morgan fingerprint density at radius 3 is 2.50 bits per heavy atom. The van der Waals surface area contributed by atoms with Crippen LogP contribution in [0.25, 0.3) is 6.08 Å². The summed E-state index contributed by atoms with van der Waals surface area (Å²) in [5, 5.41) is 30.5. The number of aromatic hydroxyl groups is 2. The summed E-state index contributed by atoms with van der Waals surface area (Å²) in [6, 6.07) is 13.0. The van der Waals surface area contributed by atoms with Gasteiger partial charge in [-0.1, -0.05) is 29.8 Å². The number of phenols is 2. The first-order chi connectivity index (χ1) is 10.5. The Kier molecular flexibility index (Phi) is 4.66. The first kappa shape index (κ1) is 15.4. The molecule has 0 aliphatic carbocycles. The van der Waals surface area contributed by atoms with Crippen LogP contribution in [-0.4, -0.2) is 16.1 Å². The molecular formula is C16H11ClN2O3. The summed E-state index contributed by atoms with van der Waals surface area (Å²) in [5.74, 6) is -1.47. The number of nitrogens with zero attached hydrogens (tertiary/aromatic N) is 1. The number of nitrogens with one attached hydrogen (secondary N) is 1. The summed E-state index contributed by atoms with van der Waals surface area (Å²) >= 11 is 5.73. The summed E-state index contributed by atoms with van der Waals surface area (Å²) in [7, 11) is 0. The van der Waals surface area contributed by atoms with E-state index in [9.17, 15) is 15.0 Å². The Balaban J connectivity index is 2.28. The molecule has 2 aromatic carbocycles. The summed E-state index contributed by atoms with van der Waals surface area (Å²) in [5.41, 5.74) is 0.713. The van der Waals surface area contributed by atoms with E-state index in [1.165, 1.54) is 18.2 Å². The zero-order valence-corrected chi connectivity index (χ0v) is 12.0. The molecule has 0 fully saturated rings. The van der Waals surface area contributed by atoms with Gasteiger partial charge in [0.05, 0.1) is 5.02 Å². The van der Waals surface area contributed by atoms with Gasteiger partial charge in [-0.2, -0.15) is 5.26 Å². The maximum absolute atomic E-state index is 12.0. The van der Waals surface area contributed by atoms with E-state index in [0.717, 1.165) is 0 Å². The Morgan fingerprint density at radius 2 is 1.91 bits per heavy atom. The van der Waals surface area contributed by atoms with Gasteiger partial charge in [0.15, 0.2) is 11.5 Å². The molecule has 0 heterocycles. The minimum Gasteiger partial charge on any atom is -0.504 e. The minimum atomic E-state index is -0.586. The van der Waals surface area contributed by atoms with Crippen LogP contribution in [0.3, 0.4) is 0 Å². The molecule has 0 spiro atoms. The number of phenolic OH excluding ortho intramolecular Hbond substituents is 2. The summed E-state index contributed by atoms with van der Waals surface area (Å²) in [4.78, 5) is 12.0. The maximum atomic E-state index is 12.0. The third-order valence-electron chi connectivity index (χ3n) is 2.77. The van der Waals surface area contributed by atoms with Crippen molar-refractivity contribution in [3.05, 3.63) is 58.6 Å². The molecule has 3 N–H and O–H groups in total. The van der Waals surface area contributed by atoms with Crippen LogP contribution in [0.4, 0.5) is 5.69 Å². The highest BCUT2D eigenvalue weighted by Gasteiger charge is 2.11. The number of rotatable bonds is 3. The van der Waals surface area contributed by atoms with Crippen LogP contribution in [0, 0.1) is 11.3 Å². The molecule has 22 heavy (non-hydrogen) atoms. The van der Waals surface area contributed by atoms with E-state index < -0.39 is 17.4 Å². The standard InChI is InChI=1S/C16H11ClN2O3/c17-13-7-10(8-14(20)15(13)21)6-11(9-18)16(22)19-12-4-2-1-3-5-12/h1-8,20-21H,(H,19,22)/b11-6+. The van der Waals surface area contributed by atoms with Gasteiger partial charge in [0.1, 0.15) is 11.6 Å². The predicted octanol–water partition coefficient (Wildman–Crippen LogP) is 3.30. The van der Waals surface area contributed by atoms with E-state index >= 15 is 0 Å². The zero-order chi connectivity index (χ0) is 16.1. The first-order valence-electron chi connectivity index (χ1n) is 6.21. The van der Waals surface area contributed by atoms with Gasteiger partial charge in [0.2, 0.25) is 0 Å². The fourth-order valence-electron chi connectivity index (χ4n) is 1.72. The van der Waals surface area contributed by atoms with Crippen LogP contribution < -0.4 is 5.32 Å². The van der Waals surface area contributed by atoms with Crippen molar-refractivity contribution in [2.24, 2.45) is 0 Å². The molecule has 110 valence electrons. The molecule has 0 bridgehead atoms. The predicted molar refractivity (Wildman–Crippen MR) is 83.4 cm³/mol. The van der Waals surface area contributed by atoms with Crippen LogP contribution in [-0.2, 0) is 4.79 Å². The average molecular weight is 315 g/mol. The van der Waals surface area contributed by atoms with Gasteiger partial charge >= 0.3 is 0 Å². The highest BCUT2D eigenvalue weighted by atomic mass is 35.5. The quantitative estimate of drug-likeness (QED) is 0.460. The third-order valence-corrected chi connectivity index (χ3v) is 3.06. The molecule has 2 aromatic rings. The van der Waals surface area contributed by atoms with Crippen molar-refractivity contribution < 1.29 is 15.0 Å². The molecule has 6 heteroatoms. The van der Waals surface area contributed by atoms with Crippen LogP contribution in [0.1, 0.15) is 5.56 Å². The Bertz CT molecular complexity index is 757. The normalized spacial score (nSPS) is 10.8. The number of amides is 1. The molecule has 0 saturated heterocycles. The van der Waals surface area contributed by atoms with Crippen LogP contribution in [0.2, 0.25) is 5.02 Å². The lowest BCUT2D eigenvalue weighted by atomic mass is 10.1. The molecule has 0 radical (unpaired) electrons. The number of para-hydroxylation sites is 1. The molecular weight excluding hydrogens is 304 g/mol. The number of hydrogen-bond acceptors (Lipinski definition) is 4. The second-order valence-corrected chi connectivity index (χ2v) is 4.77. The largest absolute Gasteiger partial charge is 0.504 e. The summed E-state index contributed by atoms with van der Waals surface area (Å²) in [6.07, 6.45) is 1.27. The summed E-state index contributed by atoms with van der Waals surface area (Å²) in [6.45, 7) is 0. The Labute approximate surface area is 131 Å². The Morgan fingerprint density at radius 1 is 1.23 bits per heavy atom. The highest BCUT2D eigenvalue weighted by molar-refractivity contribution is 6.32. The minimum absolute atomic E-state index is 0.0768. The van der Waals surface area contributed by atoms with Gasteiger partial charge in [-0.3, -0.25) is 4.79 Å². The van der Waals surface area contributed by atoms with E-state index in [1.54, 1.807) is 36.4 Å². The van der Waals surface area contributed by atoms with Crippen molar-refractivity contribution in [2.45, 2.75) is 0 Å². The van der Waals surface area contributed by atoms with E-state index in [0.29, 0.717) is 11.3 Å². The maximum Gasteiger partial charge on any atom is 0.266 e. The number of hydrogen-bond donors (Lipinski definition) is 3. The fraction of sp³-hybridized carbons (Fsp3) is 0. The van der Waals surface area contributed by atoms with Gasteiger partial charge < -0.3 is 15.5 Å². The second kappa shape index (κ2) is 6.66. The average Bonchev–Trinajstić information content (AvgIpc) is 2.51. The molecule has 1 amide bonds. The molecule has 0 aliphatic heterocycles. The number of halogens is 1. The monoisotopic (exact) mass is 314 g/mol. The second-order valence-electron chi connectivity index (χ2n) is 4.36.